The first-order chi connectivity index (χ1) is 14.5. The van der Waals surface area contributed by atoms with E-state index in [1.165, 1.54) is 4.90 Å². The number of nitrogens with one attached hydrogen (secondary N) is 2. The average molecular weight is 415 g/mol. The molecule has 8 nitrogen and oxygen atoms in total. The van der Waals surface area contributed by atoms with Crippen LogP contribution in [0.1, 0.15) is 11.1 Å². The van der Waals surface area contributed by atoms with Gasteiger partial charge in [-0.05, 0) is 23.3 Å². The normalized spacial score (nSPS) is 10.9. The molecule has 0 atom stereocenters. The highest BCUT2D eigenvalue weighted by Crippen LogP contribution is 2.38. The van der Waals surface area contributed by atoms with Crippen molar-refractivity contribution >= 4 is 11.9 Å². The van der Waals surface area contributed by atoms with Gasteiger partial charge in [-0.3, -0.25) is 4.79 Å². The maximum atomic E-state index is 12.0. The van der Waals surface area contributed by atoms with Gasteiger partial charge in [0.1, 0.15) is 0 Å². The number of likely N-dealkylation sites (N-methyl/N-ethyl adjacent to an activating group) is 1. The fourth-order valence-electron chi connectivity index (χ4n) is 2.67. The number of amides is 1. The second-order valence-electron chi connectivity index (χ2n) is 6.68. The molecule has 0 aromatic heterocycles. The summed E-state index contributed by atoms with van der Waals surface area (Å²) in [5.41, 5.74) is 1.99. The summed E-state index contributed by atoms with van der Waals surface area (Å²) >= 11 is 0. The van der Waals surface area contributed by atoms with Crippen LogP contribution in [0.15, 0.2) is 47.5 Å². The molecule has 0 aliphatic rings. The minimum Gasteiger partial charge on any atom is -0.493 e. The van der Waals surface area contributed by atoms with Crippen molar-refractivity contribution in [2.45, 2.75) is 13.1 Å². The fourth-order valence-corrected chi connectivity index (χ4v) is 2.67. The lowest BCUT2D eigenvalue weighted by atomic mass is 10.2. The summed E-state index contributed by atoms with van der Waals surface area (Å²) in [4.78, 5) is 18.1. The van der Waals surface area contributed by atoms with Crippen LogP contribution in [0.3, 0.4) is 0 Å². The van der Waals surface area contributed by atoms with Gasteiger partial charge in [-0.1, -0.05) is 30.3 Å². The van der Waals surface area contributed by atoms with Gasteiger partial charge in [-0.25, -0.2) is 4.99 Å². The van der Waals surface area contributed by atoms with Gasteiger partial charge in [0.05, 0.1) is 34.4 Å². The summed E-state index contributed by atoms with van der Waals surface area (Å²) in [5.74, 6) is 2.15. The van der Waals surface area contributed by atoms with E-state index in [4.69, 9.17) is 14.2 Å². The minimum absolute atomic E-state index is 0.0444. The van der Waals surface area contributed by atoms with E-state index >= 15 is 0 Å². The van der Waals surface area contributed by atoms with E-state index in [0.717, 1.165) is 11.1 Å². The van der Waals surface area contributed by atoms with Gasteiger partial charge in [-0.2, -0.15) is 0 Å². The second kappa shape index (κ2) is 11.5. The largest absolute Gasteiger partial charge is 0.493 e. The van der Waals surface area contributed by atoms with Gasteiger partial charge in [0, 0.05) is 20.6 Å². The molecule has 0 fully saturated rings. The Morgan fingerprint density at radius 3 is 2.10 bits per heavy atom. The standard InChI is InChI=1S/C22H30N4O4/c1-26(2)20(27)15-25-22(23-13-16-9-7-6-8-10-16)24-14-17-11-18(28-3)21(30-5)19(12-17)29-4/h6-12H,13-15H2,1-5H3,(H2,23,24,25). The van der Waals surface area contributed by atoms with Crippen molar-refractivity contribution in [1.82, 2.24) is 15.5 Å². The van der Waals surface area contributed by atoms with Crippen molar-refractivity contribution in [2.75, 3.05) is 42.0 Å². The first kappa shape index (κ1) is 22.9. The Balaban J connectivity index is 2.18. The van der Waals surface area contributed by atoms with Crippen molar-refractivity contribution < 1.29 is 19.0 Å². The topological polar surface area (TPSA) is 84.4 Å². The number of aliphatic imine (C=N–C) groups is 1. The zero-order valence-electron chi connectivity index (χ0n) is 18.2. The van der Waals surface area contributed by atoms with Crippen molar-refractivity contribution in [3.05, 3.63) is 53.6 Å². The molecular weight excluding hydrogens is 384 g/mol. The molecule has 0 bridgehead atoms. The highest BCUT2D eigenvalue weighted by molar-refractivity contribution is 5.86. The quantitative estimate of drug-likeness (QED) is 0.483. The van der Waals surface area contributed by atoms with Crippen LogP contribution in [-0.2, 0) is 17.9 Å². The lowest BCUT2D eigenvalue weighted by molar-refractivity contribution is -0.127. The Morgan fingerprint density at radius 2 is 1.57 bits per heavy atom. The van der Waals surface area contributed by atoms with Crippen LogP contribution in [0.4, 0.5) is 0 Å². The van der Waals surface area contributed by atoms with Crippen LogP contribution in [0.2, 0.25) is 0 Å². The first-order valence-corrected chi connectivity index (χ1v) is 9.53. The highest BCUT2D eigenvalue weighted by Gasteiger charge is 2.13. The summed E-state index contributed by atoms with van der Waals surface area (Å²) in [6.45, 7) is 1.08. The van der Waals surface area contributed by atoms with Gasteiger partial charge < -0.3 is 29.7 Å². The SMILES string of the molecule is COc1cc(CN=C(NCC(=O)N(C)C)NCc2ccccc2)cc(OC)c1OC. The van der Waals surface area contributed by atoms with Crippen molar-refractivity contribution in [3.63, 3.8) is 0 Å². The zero-order chi connectivity index (χ0) is 21.9. The molecule has 8 heteroatoms. The monoisotopic (exact) mass is 414 g/mol. The van der Waals surface area contributed by atoms with Crippen LogP contribution in [0, 0.1) is 0 Å². The molecule has 0 aliphatic heterocycles. The maximum absolute atomic E-state index is 12.0. The van der Waals surface area contributed by atoms with Crippen LogP contribution >= 0.6 is 0 Å². The molecule has 2 aromatic rings. The van der Waals surface area contributed by atoms with Crippen molar-refractivity contribution in [2.24, 2.45) is 4.99 Å². The summed E-state index contributed by atoms with van der Waals surface area (Å²) in [6, 6.07) is 13.7. The van der Waals surface area contributed by atoms with E-state index < -0.39 is 0 Å². The van der Waals surface area contributed by atoms with Gasteiger partial charge in [-0.15, -0.1) is 0 Å². The minimum atomic E-state index is -0.0444. The lowest BCUT2D eigenvalue weighted by Gasteiger charge is -2.16. The first-order valence-electron chi connectivity index (χ1n) is 9.53. The molecule has 0 aliphatic carbocycles. The summed E-state index contributed by atoms with van der Waals surface area (Å²) < 4.78 is 16.2. The molecule has 0 spiro atoms. The molecular formula is C22H30N4O4. The highest BCUT2D eigenvalue weighted by atomic mass is 16.5. The van der Waals surface area contributed by atoms with Crippen molar-refractivity contribution in [3.8, 4) is 17.2 Å². The van der Waals surface area contributed by atoms with Gasteiger partial charge in [0.25, 0.3) is 0 Å². The van der Waals surface area contributed by atoms with Crippen molar-refractivity contribution in [1.29, 1.82) is 0 Å². The number of hydrogen-bond donors (Lipinski definition) is 2. The Morgan fingerprint density at radius 1 is 0.933 bits per heavy atom. The number of benzene rings is 2. The predicted molar refractivity (Wildman–Crippen MR) is 117 cm³/mol. The van der Waals surface area contributed by atoms with Crippen LogP contribution in [-0.4, -0.2) is 58.7 Å². The Labute approximate surface area is 177 Å². The molecule has 162 valence electrons. The number of carbonyl (C=O) groups excluding carboxylic acids is 1. The van der Waals surface area contributed by atoms with E-state index in [2.05, 4.69) is 15.6 Å². The lowest BCUT2D eigenvalue weighted by Crippen LogP contribution is -2.42. The Kier molecular flexibility index (Phi) is 8.80. The number of hydrogen-bond acceptors (Lipinski definition) is 5. The molecule has 2 rings (SSSR count). The maximum Gasteiger partial charge on any atom is 0.241 e. The average Bonchev–Trinajstić information content (AvgIpc) is 2.77. The third-order valence-electron chi connectivity index (χ3n) is 4.35. The van der Waals surface area contributed by atoms with E-state index in [1.807, 2.05) is 42.5 Å². The molecule has 2 N–H and O–H groups in total. The summed E-state index contributed by atoms with van der Waals surface area (Å²) in [6.07, 6.45) is 0. The third kappa shape index (κ3) is 6.58. The van der Waals surface area contributed by atoms with Crippen LogP contribution in [0.5, 0.6) is 17.2 Å². The van der Waals surface area contributed by atoms with Gasteiger partial charge in [0.15, 0.2) is 17.5 Å². The molecule has 0 radical (unpaired) electrons. The molecule has 30 heavy (non-hydrogen) atoms. The number of carbonyl (C=O) groups is 1. The molecule has 2 aromatic carbocycles. The molecule has 0 unspecified atom stereocenters. The number of rotatable bonds is 9. The Hall–Kier alpha value is -3.42. The zero-order valence-corrected chi connectivity index (χ0v) is 18.2. The third-order valence-corrected chi connectivity index (χ3v) is 4.35. The Bertz CT molecular complexity index is 828. The number of ether oxygens (including phenoxy) is 3. The van der Waals surface area contributed by atoms with Gasteiger partial charge in [0.2, 0.25) is 11.7 Å². The number of nitrogens with zero attached hydrogens (tertiary/aromatic N) is 2. The predicted octanol–water partition coefficient (Wildman–Crippen LogP) is 2.04. The molecule has 0 saturated heterocycles. The number of methoxy groups -OCH3 is 3. The smallest absolute Gasteiger partial charge is 0.241 e. The summed E-state index contributed by atoms with van der Waals surface area (Å²) in [5, 5.41) is 6.34. The van der Waals surface area contributed by atoms with E-state index in [1.54, 1.807) is 35.4 Å². The van der Waals surface area contributed by atoms with E-state index in [9.17, 15) is 4.79 Å². The summed E-state index contributed by atoms with van der Waals surface area (Å²) in [7, 11) is 8.15. The second-order valence-corrected chi connectivity index (χ2v) is 6.68. The van der Waals surface area contributed by atoms with Gasteiger partial charge >= 0.3 is 0 Å². The van der Waals surface area contributed by atoms with Crippen LogP contribution in [0.25, 0.3) is 0 Å². The fraction of sp³-hybridized carbons (Fsp3) is 0.364. The molecule has 0 heterocycles. The number of guanidine groups is 1. The van der Waals surface area contributed by atoms with E-state index in [0.29, 0.717) is 36.3 Å². The molecule has 0 saturated carbocycles. The van der Waals surface area contributed by atoms with Crippen LogP contribution < -0.4 is 24.8 Å². The molecule has 1 amide bonds. The van der Waals surface area contributed by atoms with E-state index in [-0.39, 0.29) is 12.5 Å².